The van der Waals surface area contributed by atoms with E-state index in [9.17, 15) is 14.4 Å². The minimum Gasteiger partial charge on any atom is -0.370 e. The third kappa shape index (κ3) is 4.67. The molecule has 0 radical (unpaired) electrons. The number of carbonyl (C=O) groups is 3. The van der Waals surface area contributed by atoms with Crippen LogP contribution in [0.25, 0.3) is 0 Å². The predicted octanol–water partition coefficient (Wildman–Crippen LogP) is 1.06. The Hall–Kier alpha value is -3.68. The Morgan fingerprint density at radius 1 is 0.875 bits per heavy atom. The summed E-state index contributed by atoms with van der Waals surface area (Å²) in [5.74, 6) is -1.54. The number of nitrogens with two attached hydrogens (primary N) is 2. The fraction of sp³-hybridized carbons (Fsp3) is 0. The molecular weight excluding hydrogens is 310 g/mol. The maximum Gasteiger partial charge on any atom is 0.326 e. The fourth-order valence-electron chi connectivity index (χ4n) is 1.84. The van der Waals surface area contributed by atoms with Crippen LogP contribution in [0.5, 0.6) is 0 Å². The van der Waals surface area contributed by atoms with Crippen LogP contribution in [0.1, 0.15) is 20.7 Å². The Morgan fingerprint density at radius 3 is 2.21 bits per heavy atom. The first kappa shape index (κ1) is 16.7. The summed E-state index contributed by atoms with van der Waals surface area (Å²) in [6, 6.07) is 13.5. The van der Waals surface area contributed by atoms with Gasteiger partial charge in [0.1, 0.15) is 0 Å². The first-order valence-corrected chi connectivity index (χ1v) is 6.87. The van der Waals surface area contributed by atoms with Gasteiger partial charge < -0.3 is 16.8 Å². The molecule has 122 valence electrons. The van der Waals surface area contributed by atoms with Gasteiger partial charge in [-0.3, -0.25) is 14.9 Å². The number of carbonyl (C=O) groups excluding carboxylic acids is 3. The molecule has 0 aliphatic rings. The van der Waals surface area contributed by atoms with Crippen LogP contribution in [0.2, 0.25) is 0 Å². The van der Waals surface area contributed by atoms with Gasteiger partial charge in [-0.15, -0.1) is 0 Å². The van der Waals surface area contributed by atoms with E-state index in [0.29, 0.717) is 11.3 Å². The van der Waals surface area contributed by atoms with Gasteiger partial charge >= 0.3 is 6.03 Å². The first-order valence-electron chi connectivity index (χ1n) is 6.87. The number of hydrogen-bond acceptors (Lipinski definition) is 3. The average Bonchev–Trinajstić information content (AvgIpc) is 2.55. The minimum absolute atomic E-state index is 0.190. The van der Waals surface area contributed by atoms with E-state index in [1.807, 2.05) is 0 Å². The number of anilines is 1. The number of nitrogens with zero attached hydrogens (tertiary/aromatic N) is 1. The highest BCUT2D eigenvalue weighted by Gasteiger charge is 2.11. The molecule has 0 aromatic heterocycles. The van der Waals surface area contributed by atoms with Crippen molar-refractivity contribution in [1.29, 1.82) is 0 Å². The molecule has 0 spiro atoms. The van der Waals surface area contributed by atoms with Gasteiger partial charge in [0.15, 0.2) is 5.96 Å². The monoisotopic (exact) mass is 325 g/mol. The summed E-state index contributed by atoms with van der Waals surface area (Å²) >= 11 is 0. The van der Waals surface area contributed by atoms with Crippen molar-refractivity contribution in [1.82, 2.24) is 5.32 Å². The van der Waals surface area contributed by atoms with Gasteiger partial charge in [0, 0.05) is 16.8 Å². The molecule has 2 aromatic carbocycles. The van der Waals surface area contributed by atoms with E-state index in [0.717, 1.165) is 0 Å². The summed E-state index contributed by atoms with van der Waals surface area (Å²) < 4.78 is 0. The zero-order chi connectivity index (χ0) is 17.5. The molecule has 8 nitrogen and oxygen atoms in total. The maximum absolute atomic E-state index is 11.9. The predicted molar refractivity (Wildman–Crippen MR) is 89.5 cm³/mol. The van der Waals surface area contributed by atoms with Crippen LogP contribution in [0, 0.1) is 0 Å². The largest absolute Gasteiger partial charge is 0.370 e. The topological polar surface area (TPSA) is 140 Å². The lowest BCUT2D eigenvalue weighted by molar-refractivity contribution is 0.0964. The van der Waals surface area contributed by atoms with Crippen molar-refractivity contribution in [3.05, 3.63) is 65.7 Å². The highest BCUT2D eigenvalue weighted by molar-refractivity contribution is 6.08. The average molecular weight is 325 g/mol. The van der Waals surface area contributed by atoms with E-state index in [4.69, 9.17) is 11.5 Å². The molecular formula is C16H15N5O3. The van der Waals surface area contributed by atoms with Crippen molar-refractivity contribution in [3.63, 3.8) is 0 Å². The molecule has 24 heavy (non-hydrogen) atoms. The Labute approximate surface area is 137 Å². The normalized spacial score (nSPS) is 9.67. The third-order valence-corrected chi connectivity index (χ3v) is 2.86. The van der Waals surface area contributed by atoms with E-state index >= 15 is 0 Å². The molecule has 0 aliphatic heterocycles. The number of amides is 4. The van der Waals surface area contributed by atoms with Crippen molar-refractivity contribution >= 4 is 29.5 Å². The van der Waals surface area contributed by atoms with E-state index in [1.165, 1.54) is 12.1 Å². The van der Waals surface area contributed by atoms with Gasteiger partial charge in [0.2, 0.25) is 0 Å². The van der Waals surface area contributed by atoms with Crippen molar-refractivity contribution in [2.45, 2.75) is 0 Å². The van der Waals surface area contributed by atoms with Crippen LogP contribution in [-0.4, -0.2) is 23.8 Å². The summed E-state index contributed by atoms with van der Waals surface area (Å²) in [5, 5.41) is 4.64. The molecule has 4 amide bonds. The van der Waals surface area contributed by atoms with E-state index < -0.39 is 17.8 Å². The molecule has 2 rings (SSSR count). The quantitative estimate of drug-likeness (QED) is 0.493. The Morgan fingerprint density at radius 2 is 1.54 bits per heavy atom. The second-order valence-electron chi connectivity index (χ2n) is 4.70. The Bertz CT molecular complexity index is 798. The Balaban J connectivity index is 2.03. The van der Waals surface area contributed by atoms with Gasteiger partial charge in [-0.2, -0.15) is 4.99 Å². The van der Waals surface area contributed by atoms with Crippen LogP contribution in [0.3, 0.4) is 0 Å². The standard InChI is InChI=1S/C16H15N5O3/c17-15(18)20-14(23)11-7-4-8-12(9-11)19-16(24)21-13(22)10-5-2-1-3-6-10/h1-9H,(H4,17,18,20,23)(H2,19,21,22,24). The lowest BCUT2D eigenvalue weighted by Gasteiger charge is -2.07. The van der Waals surface area contributed by atoms with Gasteiger partial charge in [-0.1, -0.05) is 24.3 Å². The van der Waals surface area contributed by atoms with Gasteiger partial charge in [0.05, 0.1) is 0 Å². The molecule has 0 saturated heterocycles. The molecule has 0 unspecified atom stereocenters. The summed E-state index contributed by atoms with van der Waals surface area (Å²) in [6.07, 6.45) is 0. The van der Waals surface area contributed by atoms with Crippen molar-refractivity contribution < 1.29 is 14.4 Å². The molecule has 0 bridgehead atoms. The highest BCUT2D eigenvalue weighted by atomic mass is 16.2. The van der Waals surface area contributed by atoms with Crippen LogP contribution in [0.4, 0.5) is 10.5 Å². The highest BCUT2D eigenvalue weighted by Crippen LogP contribution is 2.11. The van der Waals surface area contributed by atoms with Gasteiger partial charge in [0.25, 0.3) is 11.8 Å². The van der Waals surface area contributed by atoms with Crippen LogP contribution < -0.4 is 22.1 Å². The molecule has 0 aliphatic carbocycles. The lowest BCUT2D eigenvalue weighted by atomic mass is 10.2. The molecule has 0 atom stereocenters. The number of urea groups is 1. The van der Waals surface area contributed by atoms with Crippen LogP contribution in [-0.2, 0) is 0 Å². The molecule has 2 aromatic rings. The fourth-order valence-corrected chi connectivity index (χ4v) is 1.84. The van der Waals surface area contributed by atoms with Gasteiger partial charge in [-0.05, 0) is 30.3 Å². The van der Waals surface area contributed by atoms with E-state index in [1.54, 1.807) is 42.5 Å². The minimum atomic E-state index is -0.727. The summed E-state index contributed by atoms with van der Waals surface area (Å²) in [6.45, 7) is 0. The molecule has 0 saturated carbocycles. The van der Waals surface area contributed by atoms with E-state index in [-0.39, 0.29) is 11.5 Å². The van der Waals surface area contributed by atoms with Crippen molar-refractivity contribution in [2.24, 2.45) is 16.5 Å². The number of guanidine groups is 1. The lowest BCUT2D eigenvalue weighted by Crippen LogP contribution is -2.34. The summed E-state index contributed by atoms with van der Waals surface area (Å²) in [4.78, 5) is 38.9. The number of hydrogen-bond donors (Lipinski definition) is 4. The summed E-state index contributed by atoms with van der Waals surface area (Å²) in [7, 11) is 0. The van der Waals surface area contributed by atoms with Crippen LogP contribution >= 0.6 is 0 Å². The number of imide groups is 1. The molecule has 6 N–H and O–H groups in total. The molecule has 0 fully saturated rings. The summed E-state index contributed by atoms with van der Waals surface area (Å²) in [5.41, 5.74) is 11.2. The smallest absolute Gasteiger partial charge is 0.326 e. The SMILES string of the molecule is NC(N)=NC(=O)c1cccc(NC(=O)NC(=O)c2ccccc2)c1. The van der Waals surface area contributed by atoms with Crippen molar-refractivity contribution in [3.8, 4) is 0 Å². The Kier molecular flexibility index (Phi) is 5.24. The molecule has 0 heterocycles. The molecule has 8 heteroatoms. The van der Waals surface area contributed by atoms with Gasteiger partial charge in [-0.25, -0.2) is 4.79 Å². The zero-order valence-corrected chi connectivity index (χ0v) is 12.5. The second-order valence-corrected chi connectivity index (χ2v) is 4.70. The number of benzene rings is 2. The van der Waals surface area contributed by atoms with E-state index in [2.05, 4.69) is 15.6 Å². The van der Waals surface area contributed by atoms with Crippen molar-refractivity contribution in [2.75, 3.05) is 5.32 Å². The third-order valence-electron chi connectivity index (χ3n) is 2.86. The number of aliphatic imine (C=N–C) groups is 1. The maximum atomic E-state index is 11.9. The second kappa shape index (κ2) is 7.54. The number of nitrogens with one attached hydrogen (secondary N) is 2. The first-order chi connectivity index (χ1) is 11.5. The zero-order valence-electron chi connectivity index (χ0n) is 12.5. The number of rotatable bonds is 3. The van der Waals surface area contributed by atoms with Crippen LogP contribution in [0.15, 0.2) is 59.6 Å².